The predicted molar refractivity (Wildman–Crippen MR) is 104 cm³/mol. The van der Waals surface area contributed by atoms with Crippen LogP contribution in [0.2, 0.25) is 0 Å². The Morgan fingerprint density at radius 3 is 2.71 bits per heavy atom. The van der Waals surface area contributed by atoms with Crippen molar-refractivity contribution in [3.63, 3.8) is 0 Å². The SMILES string of the molecule is Cc1ccccc1-c1noc(C[C@@H]2CCCN(S(=O)(=O)N3CCOCC3)C2)n1. The maximum Gasteiger partial charge on any atom is 0.282 e. The van der Waals surface area contributed by atoms with Crippen molar-refractivity contribution in [3.05, 3.63) is 35.7 Å². The van der Waals surface area contributed by atoms with Crippen LogP contribution >= 0.6 is 0 Å². The van der Waals surface area contributed by atoms with Gasteiger partial charge >= 0.3 is 0 Å². The molecule has 3 heterocycles. The number of rotatable bonds is 5. The topological polar surface area (TPSA) is 88.8 Å². The maximum absolute atomic E-state index is 12.9. The largest absolute Gasteiger partial charge is 0.379 e. The monoisotopic (exact) mass is 406 g/mol. The molecule has 0 amide bonds. The lowest BCUT2D eigenvalue weighted by Crippen LogP contribution is -2.51. The minimum atomic E-state index is -3.43. The second kappa shape index (κ2) is 8.28. The van der Waals surface area contributed by atoms with Gasteiger partial charge in [-0.3, -0.25) is 0 Å². The van der Waals surface area contributed by atoms with Crippen LogP contribution in [0.15, 0.2) is 28.8 Å². The minimum Gasteiger partial charge on any atom is -0.379 e. The number of benzene rings is 1. The molecule has 1 atom stereocenters. The number of hydrogen-bond donors (Lipinski definition) is 0. The van der Waals surface area contributed by atoms with Crippen LogP contribution in [0, 0.1) is 12.8 Å². The van der Waals surface area contributed by atoms with Gasteiger partial charge in [-0.05, 0) is 31.2 Å². The molecule has 2 aromatic rings. The molecule has 0 N–H and O–H groups in total. The normalized spacial score (nSPS) is 22.4. The Bertz CT molecular complexity index is 908. The Hall–Kier alpha value is -1.81. The summed E-state index contributed by atoms with van der Waals surface area (Å²) in [6.07, 6.45) is 2.39. The third-order valence-corrected chi connectivity index (χ3v) is 7.42. The molecule has 28 heavy (non-hydrogen) atoms. The molecule has 0 aliphatic carbocycles. The highest BCUT2D eigenvalue weighted by atomic mass is 32.2. The first-order chi connectivity index (χ1) is 13.5. The number of ether oxygens (including phenoxy) is 1. The molecule has 9 heteroatoms. The molecular weight excluding hydrogens is 380 g/mol. The Kier molecular flexibility index (Phi) is 5.77. The zero-order valence-electron chi connectivity index (χ0n) is 16.1. The van der Waals surface area contributed by atoms with E-state index in [1.165, 1.54) is 4.31 Å². The van der Waals surface area contributed by atoms with Crippen LogP contribution in [-0.4, -0.2) is 66.6 Å². The summed E-state index contributed by atoms with van der Waals surface area (Å²) in [6, 6.07) is 7.92. The lowest BCUT2D eigenvalue weighted by molar-refractivity contribution is 0.0690. The number of nitrogens with zero attached hydrogens (tertiary/aromatic N) is 4. The summed E-state index contributed by atoms with van der Waals surface area (Å²) in [5, 5.41) is 4.11. The molecule has 0 radical (unpaired) electrons. The molecule has 4 rings (SSSR count). The van der Waals surface area contributed by atoms with Gasteiger partial charge in [0.2, 0.25) is 11.7 Å². The molecular formula is C19H26N4O4S. The van der Waals surface area contributed by atoms with Crippen molar-refractivity contribution < 1.29 is 17.7 Å². The molecule has 152 valence electrons. The zero-order chi connectivity index (χ0) is 19.6. The predicted octanol–water partition coefficient (Wildman–Crippen LogP) is 1.88. The van der Waals surface area contributed by atoms with E-state index in [4.69, 9.17) is 9.26 Å². The van der Waals surface area contributed by atoms with E-state index in [0.717, 1.165) is 24.0 Å². The average Bonchev–Trinajstić information content (AvgIpc) is 3.17. The second-order valence-electron chi connectivity index (χ2n) is 7.42. The lowest BCUT2D eigenvalue weighted by Gasteiger charge is -2.36. The number of aromatic nitrogens is 2. The minimum absolute atomic E-state index is 0.176. The van der Waals surface area contributed by atoms with Gasteiger partial charge in [-0.2, -0.15) is 22.0 Å². The summed E-state index contributed by atoms with van der Waals surface area (Å²) in [5.41, 5.74) is 2.05. The number of piperidine rings is 1. The van der Waals surface area contributed by atoms with E-state index >= 15 is 0 Å². The number of aryl methyl sites for hydroxylation is 1. The van der Waals surface area contributed by atoms with Gasteiger partial charge in [-0.1, -0.05) is 29.4 Å². The highest BCUT2D eigenvalue weighted by molar-refractivity contribution is 7.86. The fourth-order valence-electron chi connectivity index (χ4n) is 3.86. The van der Waals surface area contributed by atoms with Gasteiger partial charge in [0.05, 0.1) is 13.2 Å². The van der Waals surface area contributed by atoms with E-state index in [1.807, 2.05) is 31.2 Å². The molecule has 8 nitrogen and oxygen atoms in total. The van der Waals surface area contributed by atoms with Gasteiger partial charge < -0.3 is 9.26 Å². The van der Waals surface area contributed by atoms with Crippen molar-refractivity contribution in [3.8, 4) is 11.4 Å². The van der Waals surface area contributed by atoms with Crippen LogP contribution in [0.4, 0.5) is 0 Å². The van der Waals surface area contributed by atoms with Crippen LogP contribution in [0.3, 0.4) is 0 Å². The highest BCUT2D eigenvalue weighted by Crippen LogP contribution is 2.26. The van der Waals surface area contributed by atoms with Gasteiger partial charge in [0.1, 0.15) is 0 Å². The highest BCUT2D eigenvalue weighted by Gasteiger charge is 2.35. The van der Waals surface area contributed by atoms with Crippen molar-refractivity contribution in [1.29, 1.82) is 0 Å². The van der Waals surface area contributed by atoms with Crippen LogP contribution in [0.1, 0.15) is 24.3 Å². The van der Waals surface area contributed by atoms with Crippen molar-refractivity contribution in [1.82, 2.24) is 18.8 Å². The summed E-state index contributed by atoms with van der Waals surface area (Å²) in [5.74, 6) is 1.32. The lowest BCUT2D eigenvalue weighted by atomic mass is 9.96. The van der Waals surface area contributed by atoms with Crippen LogP contribution in [-0.2, 0) is 21.4 Å². The first kappa shape index (κ1) is 19.5. The second-order valence-corrected chi connectivity index (χ2v) is 9.34. The average molecular weight is 407 g/mol. The van der Waals surface area contributed by atoms with E-state index in [2.05, 4.69) is 10.1 Å². The molecule has 0 saturated carbocycles. The van der Waals surface area contributed by atoms with Crippen molar-refractivity contribution in [2.45, 2.75) is 26.2 Å². The fraction of sp³-hybridized carbons (Fsp3) is 0.579. The van der Waals surface area contributed by atoms with E-state index < -0.39 is 10.2 Å². The van der Waals surface area contributed by atoms with Crippen LogP contribution in [0.25, 0.3) is 11.4 Å². The van der Waals surface area contributed by atoms with E-state index in [1.54, 1.807) is 4.31 Å². The molecule has 0 unspecified atom stereocenters. The first-order valence-electron chi connectivity index (χ1n) is 9.75. The molecule has 2 saturated heterocycles. The van der Waals surface area contributed by atoms with Crippen molar-refractivity contribution in [2.75, 3.05) is 39.4 Å². The zero-order valence-corrected chi connectivity index (χ0v) is 16.9. The fourth-order valence-corrected chi connectivity index (χ4v) is 5.56. The molecule has 1 aromatic heterocycles. The molecule has 2 aliphatic rings. The van der Waals surface area contributed by atoms with E-state index in [-0.39, 0.29) is 5.92 Å². The Balaban J connectivity index is 1.42. The third kappa shape index (κ3) is 4.12. The third-order valence-electron chi connectivity index (χ3n) is 5.42. The smallest absolute Gasteiger partial charge is 0.282 e. The standard InChI is InChI=1S/C19H26N4O4S/c1-15-5-2-3-7-17(15)19-20-18(27-21-19)13-16-6-4-8-23(14-16)28(24,25)22-9-11-26-12-10-22/h2-3,5,7,16H,4,6,8-14H2,1H3/t16-/m0/s1. The van der Waals surface area contributed by atoms with Crippen molar-refractivity contribution >= 4 is 10.2 Å². The summed E-state index contributed by atoms with van der Waals surface area (Å²) in [7, 11) is -3.43. The van der Waals surface area contributed by atoms with Gasteiger partial charge in [0, 0.05) is 38.2 Å². The molecule has 2 aliphatic heterocycles. The maximum atomic E-state index is 12.9. The Morgan fingerprint density at radius 1 is 1.14 bits per heavy atom. The Labute approximate surface area is 165 Å². The van der Waals surface area contributed by atoms with Gasteiger partial charge in [0.25, 0.3) is 10.2 Å². The van der Waals surface area contributed by atoms with E-state index in [9.17, 15) is 8.42 Å². The van der Waals surface area contributed by atoms with Crippen molar-refractivity contribution in [2.24, 2.45) is 5.92 Å². The van der Waals surface area contributed by atoms with Crippen LogP contribution < -0.4 is 0 Å². The number of morpholine rings is 1. The Morgan fingerprint density at radius 2 is 1.93 bits per heavy atom. The molecule has 1 aromatic carbocycles. The van der Waals surface area contributed by atoms with Gasteiger partial charge in [0.15, 0.2) is 0 Å². The summed E-state index contributed by atoms with van der Waals surface area (Å²) < 4.78 is 39.7. The molecule has 2 fully saturated rings. The summed E-state index contributed by atoms with van der Waals surface area (Å²) in [6.45, 7) is 4.83. The molecule has 0 spiro atoms. The molecule has 0 bridgehead atoms. The quantitative estimate of drug-likeness (QED) is 0.753. The summed E-state index contributed by atoms with van der Waals surface area (Å²) in [4.78, 5) is 4.54. The summed E-state index contributed by atoms with van der Waals surface area (Å²) >= 11 is 0. The van der Waals surface area contributed by atoms with Gasteiger partial charge in [-0.25, -0.2) is 0 Å². The van der Waals surface area contributed by atoms with Crippen LogP contribution in [0.5, 0.6) is 0 Å². The van der Waals surface area contributed by atoms with Gasteiger partial charge in [-0.15, -0.1) is 0 Å². The van der Waals surface area contributed by atoms with E-state index in [0.29, 0.717) is 57.5 Å². The first-order valence-corrected chi connectivity index (χ1v) is 11.2. The number of hydrogen-bond acceptors (Lipinski definition) is 6.